The van der Waals surface area contributed by atoms with Crippen LogP contribution in [0.4, 0.5) is 0 Å². The highest BCUT2D eigenvalue weighted by Gasteiger charge is 2.23. The van der Waals surface area contributed by atoms with E-state index in [1.54, 1.807) is 0 Å². The quantitative estimate of drug-likeness (QED) is 0.306. The van der Waals surface area contributed by atoms with E-state index in [1.807, 2.05) is 0 Å². The van der Waals surface area contributed by atoms with Crippen LogP contribution in [-0.2, 0) is 6.42 Å². The van der Waals surface area contributed by atoms with E-state index in [1.165, 1.54) is 49.7 Å². The summed E-state index contributed by atoms with van der Waals surface area (Å²) in [6, 6.07) is 26.9. The Balaban J connectivity index is 1.67. The van der Waals surface area contributed by atoms with Gasteiger partial charge in [-0.15, -0.1) is 0 Å². The van der Waals surface area contributed by atoms with E-state index in [9.17, 15) is 0 Å². The minimum Gasteiger partial charge on any atom is -0.341 e. The lowest BCUT2D eigenvalue weighted by Crippen LogP contribution is -2.10. The number of benzene rings is 3. The highest BCUT2D eigenvalue weighted by molar-refractivity contribution is 6.11. The predicted octanol–water partition coefficient (Wildman–Crippen LogP) is 7.27. The van der Waals surface area contributed by atoms with Gasteiger partial charge in [-0.1, -0.05) is 54.6 Å². The zero-order valence-electron chi connectivity index (χ0n) is 16.9. The second kappa shape index (κ2) is 6.12. The predicted molar refractivity (Wildman–Crippen MR) is 124 cm³/mol. The maximum absolute atomic E-state index is 2.53. The highest BCUT2D eigenvalue weighted by atomic mass is 15.0. The third-order valence-corrected chi connectivity index (χ3v) is 6.37. The summed E-state index contributed by atoms with van der Waals surface area (Å²) in [4.78, 5) is 0. The van der Waals surface area contributed by atoms with Crippen molar-refractivity contribution in [2.24, 2.45) is 0 Å². The van der Waals surface area contributed by atoms with Crippen molar-refractivity contribution < 1.29 is 0 Å². The molecule has 142 valence electrons. The van der Waals surface area contributed by atoms with Gasteiger partial charge in [-0.25, -0.2) is 0 Å². The molecule has 2 heteroatoms. The minimum atomic E-state index is 0.465. The molecule has 0 saturated carbocycles. The number of fused-ring (bicyclic) bond motifs is 6. The van der Waals surface area contributed by atoms with E-state index in [0.29, 0.717) is 6.04 Å². The first kappa shape index (κ1) is 16.7. The lowest BCUT2D eigenvalue weighted by atomic mass is 9.99. The first-order valence-electron chi connectivity index (χ1n) is 10.5. The molecule has 0 bridgehead atoms. The Labute approximate surface area is 170 Å². The summed E-state index contributed by atoms with van der Waals surface area (Å²) in [7, 11) is 0. The van der Waals surface area contributed by atoms with Crippen molar-refractivity contribution in [3.63, 3.8) is 0 Å². The van der Waals surface area contributed by atoms with E-state index < -0.39 is 0 Å². The fourth-order valence-corrected chi connectivity index (χ4v) is 5.24. The fraction of sp³-hybridized carbons (Fsp3) is 0.185. The third-order valence-electron chi connectivity index (χ3n) is 6.37. The van der Waals surface area contributed by atoms with E-state index in [2.05, 4.69) is 102 Å². The zero-order valence-corrected chi connectivity index (χ0v) is 16.9. The molecular formula is C27H24N2. The smallest absolute Gasteiger partial charge is 0.0537 e. The van der Waals surface area contributed by atoms with Gasteiger partial charge in [0.15, 0.2) is 0 Å². The van der Waals surface area contributed by atoms with Gasteiger partial charge in [0.05, 0.1) is 11.0 Å². The zero-order chi connectivity index (χ0) is 19.5. The number of para-hydroxylation sites is 3. The van der Waals surface area contributed by atoms with Crippen molar-refractivity contribution in [1.82, 2.24) is 9.13 Å². The topological polar surface area (TPSA) is 9.86 Å². The molecule has 2 nitrogen and oxygen atoms in total. The summed E-state index contributed by atoms with van der Waals surface area (Å²) in [6.07, 6.45) is 4.58. The standard InChI is InChI=1S/C27H24N2/c1-18(2)28-24-12-6-5-11-22(24)23-17-19(15-16-27(23)28)29-25-13-7-3-9-20(25)21-10-4-8-14-26(21)29/h3-14,17-18H,15-16H2,1-2H3. The largest absolute Gasteiger partial charge is 0.341 e. The minimum absolute atomic E-state index is 0.465. The normalized spacial score (nSPS) is 14.1. The molecule has 0 unspecified atom stereocenters. The van der Waals surface area contributed by atoms with Gasteiger partial charge in [0.25, 0.3) is 0 Å². The van der Waals surface area contributed by atoms with Crippen molar-refractivity contribution in [3.8, 4) is 0 Å². The molecule has 0 radical (unpaired) electrons. The monoisotopic (exact) mass is 376 g/mol. The number of rotatable bonds is 2. The van der Waals surface area contributed by atoms with E-state index in [0.717, 1.165) is 12.8 Å². The average molecular weight is 377 g/mol. The number of hydrogen-bond donors (Lipinski definition) is 0. The first-order valence-corrected chi connectivity index (χ1v) is 10.5. The Bertz CT molecular complexity index is 1370. The number of hydrogen-bond acceptors (Lipinski definition) is 0. The molecule has 0 fully saturated rings. The van der Waals surface area contributed by atoms with Crippen LogP contribution < -0.4 is 0 Å². The fourth-order valence-electron chi connectivity index (χ4n) is 5.24. The summed E-state index contributed by atoms with van der Waals surface area (Å²) in [6.45, 7) is 4.58. The van der Waals surface area contributed by atoms with Crippen molar-refractivity contribution >= 4 is 44.5 Å². The lowest BCUT2D eigenvalue weighted by Gasteiger charge is -2.21. The molecule has 0 N–H and O–H groups in total. The second-order valence-electron chi connectivity index (χ2n) is 8.35. The lowest BCUT2D eigenvalue weighted by molar-refractivity contribution is 0.592. The molecule has 1 aliphatic rings. The molecule has 0 aliphatic heterocycles. The molecule has 0 amide bonds. The van der Waals surface area contributed by atoms with Crippen LogP contribution in [0.15, 0.2) is 72.8 Å². The van der Waals surface area contributed by atoms with E-state index in [-0.39, 0.29) is 0 Å². The maximum atomic E-state index is 2.53. The molecule has 2 aromatic heterocycles. The summed E-state index contributed by atoms with van der Waals surface area (Å²) >= 11 is 0. The second-order valence-corrected chi connectivity index (χ2v) is 8.35. The summed E-state index contributed by atoms with van der Waals surface area (Å²) in [5.41, 5.74) is 8.23. The van der Waals surface area contributed by atoms with Crippen LogP contribution in [-0.4, -0.2) is 9.13 Å². The van der Waals surface area contributed by atoms with Gasteiger partial charge < -0.3 is 9.13 Å². The van der Waals surface area contributed by atoms with Gasteiger partial charge in [0.2, 0.25) is 0 Å². The molecule has 29 heavy (non-hydrogen) atoms. The molecule has 0 spiro atoms. The van der Waals surface area contributed by atoms with Crippen LogP contribution in [0.1, 0.15) is 37.6 Å². The van der Waals surface area contributed by atoms with Crippen molar-refractivity contribution in [2.75, 3.05) is 0 Å². The molecule has 0 atom stereocenters. The van der Waals surface area contributed by atoms with Crippen molar-refractivity contribution in [2.45, 2.75) is 32.7 Å². The van der Waals surface area contributed by atoms with Gasteiger partial charge in [-0.2, -0.15) is 0 Å². The van der Waals surface area contributed by atoms with Crippen LogP contribution in [0.5, 0.6) is 0 Å². The Morgan fingerprint density at radius 2 is 1.21 bits per heavy atom. The average Bonchev–Trinajstić information content (AvgIpc) is 3.26. The molecule has 0 saturated heterocycles. The van der Waals surface area contributed by atoms with Gasteiger partial charge in [0, 0.05) is 44.7 Å². The number of allylic oxidation sites excluding steroid dienone is 1. The molecule has 6 rings (SSSR count). The number of nitrogens with zero attached hydrogens (tertiary/aromatic N) is 2. The number of aromatic nitrogens is 2. The molecule has 5 aromatic rings. The summed E-state index contributed by atoms with van der Waals surface area (Å²) in [5.74, 6) is 0. The van der Waals surface area contributed by atoms with Gasteiger partial charge in [-0.05, 0) is 51.0 Å². The van der Waals surface area contributed by atoms with Gasteiger partial charge >= 0.3 is 0 Å². The summed E-state index contributed by atoms with van der Waals surface area (Å²) < 4.78 is 5.01. The van der Waals surface area contributed by atoms with Crippen LogP contribution in [0.2, 0.25) is 0 Å². The maximum Gasteiger partial charge on any atom is 0.0537 e. The Morgan fingerprint density at radius 1 is 0.655 bits per heavy atom. The van der Waals surface area contributed by atoms with Crippen LogP contribution in [0.3, 0.4) is 0 Å². The first-order chi connectivity index (χ1) is 14.2. The van der Waals surface area contributed by atoms with Gasteiger partial charge in [0.1, 0.15) is 0 Å². The van der Waals surface area contributed by atoms with Crippen LogP contribution in [0.25, 0.3) is 44.5 Å². The van der Waals surface area contributed by atoms with E-state index >= 15 is 0 Å². The summed E-state index contributed by atoms with van der Waals surface area (Å²) in [5, 5.41) is 4.04. The van der Waals surface area contributed by atoms with Crippen molar-refractivity contribution in [1.29, 1.82) is 0 Å². The third kappa shape index (κ3) is 2.29. The molecular weight excluding hydrogens is 352 g/mol. The SMILES string of the molecule is CC(C)n1c2c(c3ccccc31)C=C(n1c3ccccc3c3ccccc31)CC2. The Hall–Kier alpha value is -3.26. The molecule has 1 aliphatic carbocycles. The Kier molecular flexibility index (Phi) is 3.52. The molecule has 3 aromatic carbocycles. The molecule has 2 heterocycles. The van der Waals surface area contributed by atoms with E-state index in [4.69, 9.17) is 0 Å². The highest BCUT2D eigenvalue weighted by Crippen LogP contribution is 2.40. The van der Waals surface area contributed by atoms with Crippen LogP contribution in [0, 0.1) is 0 Å². The Morgan fingerprint density at radius 3 is 1.83 bits per heavy atom. The van der Waals surface area contributed by atoms with Gasteiger partial charge in [-0.3, -0.25) is 0 Å². The van der Waals surface area contributed by atoms with Crippen molar-refractivity contribution in [3.05, 3.63) is 84.1 Å². The van der Waals surface area contributed by atoms with Crippen LogP contribution >= 0.6 is 0 Å².